The van der Waals surface area contributed by atoms with E-state index in [1.165, 1.54) is 52.2 Å². The lowest BCUT2D eigenvalue weighted by Crippen LogP contribution is -2.35. The quantitative estimate of drug-likeness (QED) is 0.906. The van der Waals surface area contributed by atoms with Crippen molar-refractivity contribution in [2.45, 2.75) is 44.6 Å². The van der Waals surface area contributed by atoms with Crippen LogP contribution in [0, 0.1) is 11.7 Å². The molecular formula is C16H25FN4O. The first kappa shape index (κ1) is 15.5. The first-order valence-electron chi connectivity index (χ1n) is 8.30. The smallest absolute Gasteiger partial charge is 0.255 e. The molecule has 0 radical (unpaired) electrons. The second-order valence-electron chi connectivity index (χ2n) is 6.37. The monoisotopic (exact) mass is 308 g/mol. The van der Waals surface area contributed by atoms with Crippen LogP contribution in [0.3, 0.4) is 0 Å². The van der Waals surface area contributed by atoms with Crippen LogP contribution in [-0.4, -0.2) is 47.7 Å². The van der Waals surface area contributed by atoms with Gasteiger partial charge in [-0.05, 0) is 31.7 Å². The highest BCUT2D eigenvalue weighted by molar-refractivity contribution is 5.28. The van der Waals surface area contributed by atoms with Crippen LogP contribution in [0.15, 0.2) is 6.20 Å². The van der Waals surface area contributed by atoms with E-state index in [1.807, 2.05) is 0 Å². The van der Waals surface area contributed by atoms with Gasteiger partial charge in [-0.15, -0.1) is 0 Å². The third-order valence-corrected chi connectivity index (χ3v) is 4.86. The number of rotatable bonds is 5. The molecular weight excluding hydrogens is 283 g/mol. The topological polar surface area (TPSA) is 50.3 Å². The highest BCUT2D eigenvalue weighted by Gasteiger charge is 2.28. The molecule has 1 N–H and O–H groups in total. The Morgan fingerprint density at radius 3 is 2.91 bits per heavy atom. The normalized spacial score (nSPS) is 23.6. The average Bonchev–Trinajstić information content (AvgIpc) is 3.04. The molecule has 1 aromatic heterocycles. The van der Waals surface area contributed by atoms with Crippen LogP contribution in [0.25, 0.3) is 0 Å². The second kappa shape index (κ2) is 7.22. The lowest BCUT2D eigenvalue weighted by Gasteiger charge is -2.31. The third-order valence-electron chi connectivity index (χ3n) is 4.86. The minimum absolute atomic E-state index is 0.00671. The molecule has 0 bridgehead atoms. The van der Waals surface area contributed by atoms with Crippen molar-refractivity contribution in [1.29, 1.82) is 0 Å². The van der Waals surface area contributed by atoms with Gasteiger partial charge in [0, 0.05) is 19.1 Å². The first-order valence-corrected chi connectivity index (χ1v) is 8.30. The number of anilines is 1. The summed E-state index contributed by atoms with van der Waals surface area (Å²) in [5, 5.41) is 3.22. The van der Waals surface area contributed by atoms with E-state index >= 15 is 0 Å². The van der Waals surface area contributed by atoms with Crippen molar-refractivity contribution in [3.63, 3.8) is 0 Å². The Morgan fingerprint density at radius 1 is 1.32 bits per heavy atom. The summed E-state index contributed by atoms with van der Waals surface area (Å²) >= 11 is 0. The Labute approximate surface area is 131 Å². The number of methoxy groups -OCH3 is 1. The maximum Gasteiger partial charge on any atom is 0.255 e. The lowest BCUT2D eigenvalue weighted by atomic mass is 9.94. The Kier molecular flexibility index (Phi) is 5.08. The molecule has 2 heterocycles. The largest absolute Gasteiger partial charge is 0.479 e. The molecule has 0 spiro atoms. The summed E-state index contributed by atoms with van der Waals surface area (Å²) in [6.45, 7) is 3.18. The van der Waals surface area contributed by atoms with Gasteiger partial charge in [0.25, 0.3) is 5.88 Å². The molecule has 0 aromatic carbocycles. The van der Waals surface area contributed by atoms with Crippen LogP contribution in [0.1, 0.15) is 38.5 Å². The summed E-state index contributed by atoms with van der Waals surface area (Å²) in [5.41, 5.74) is 0. The van der Waals surface area contributed by atoms with Crippen LogP contribution >= 0.6 is 0 Å². The first-order chi connectivity index (χ1) is 10.8. The van der Waals surface area contributed by atoms with E-state index in [9.17, 15) is 4.39 Å². The van der Waals surface area contributed by atoms with Gasteiger partial charge in [0.1, 0.15) is 0 Å². The molecule has 1 unspecified atom stereocenters. The van der Waals surface area contributed by atoms with Gasteiger partial charge < -0.3 is 15.0 Å². The molecule has 5 nitrogen and oxygen atoms in total. The number of likely N-dealkylation sites (tertiary alicyclic amines) is 1. The van der Waals surface area contributed by atoms with Crippen molar-refractivity contribution in [2.75, 3.05) is 32.1 Å². The predicted octanol–water partition coefficient (Wildman–Crippen LogP) is 2.69. The van der Waals surface area contributed by atoms with Crippen molar-refractivity contribution in [2.24, 2.45) is 5.92 Å². The zero-order chi connectivity index (χ0) is 15.4. The number of hydrogen-bond acceptors (Lipinski definition) is 5. The zero-order valence-electron chi connectivity index (χ0n) is 13.2. The SMILES string of the molecule is COc1nc(NCC2CCN(C3CCCCC3)C2)ncc1F. The maximum atomic E-state index is 13.3. The van der Waals surface area contributed by atoms with E-state index in [-0.39, 0.29) is 5.88 Å². The summed E-state index contributed by atoms with van der Waals surface area (Å²) < 4.78 is 18.2. The number of nitrogens with one attached hydrogen (secondary N) is 1. The molecule has 1 atom stereocenters. The van der Waals surface area contributed by atoms with E-state index in [0.29, 0.717) is 11.9 Å². The molecule has 1 aliphatic carbocycles. The van der Waals surface area contributed by atoms with E-state index in [0.717, 1.165) is 25.3 Å². The third kappa shape index (κ3) is 3.66. The van der Waals surface area contributed by atoms with Gasteiger partial charge in [0.15, 0.2) is 0 Å². The standard InChI is InChI=1S/C16H25FN4O/c1-22-15-14(17)10-19-16(20-15)18-9-12-7-8-21(11-12)13-5-3-2-4-6-13/h10,12-13H,2-9,11H2,1H3,(H,18,19,20). The Balaban J connectivity index is 1.48. The molecule has 122 valence electrons. The van der Waals surface area contributed by atoms with Crippen molar-refractivity contribution in [3.05, 3.63) is 12.0 Å². The van der Waals surface area contributed by atoms with Crippen LogP contribution in [-0.2, 0) is 0 Å². The van der Waals surface area contributed by atoms with Crippen molar-refractivity contribution in [1.82, 2.24) is 14.9 Å². The minimum Gasteiger partial charge on any atom is -0.479 e. The van der Waals surface area contributed by atoms with Gasteiger partial charge in [0.2, 0.25) is 11.8 Å². The summed E-state index contributed by atoms with van der Waals surface area (Å²) in [6, 6.07) is 0.793. The predicted molar refractivity (Wildman–Crippen MR) is 83.6 cm³/mol. The molecule has 2 aliphatic rings. The molecule has 1 aliphatic heterocycles. The van der Waals surface area contributed by atoms with Crippen LogP contribution < -0.4 is 10.1 Å². The number of hydrogen-bond donors (Lipinski definition) is 1. The van der Waals surface area contributed by atoms with E-state index in [2.05, 4.69) is 20.2 Å². The number of nitrogens with zero attached hydrogens (tertiary/aromatic N) is 3. The van der Waals surface area contributed by atoms with Crippen molar-refractivity contribution in [3.8, 4) is 5.88 Å². The fourth-order valence-electron chi connectivity index (χ4n) is 3.62. The Hall–Kier alpha value is -1.43. The van der Waals surface area contributed by atoms with E-state index in [4.69, 9.17) is 4.74 Å². The van der Waals surface area contributed by atoms with Crippen molar-refractivity contribution < 1.29 is 9.13 Å². The summed E-state index contributed by atoms with van der Waals surface area (Å²) in [4.78, 5) is 10.6. The Bertz CT molecular complexity index is 493. The van der Waals surface area contributed by atoms with Gasteiger partial charge in [-0.25, -0.2) is 4.98 Å². The molecule has 3 rings (SSSR count). The summed E-state index contributed by atoms with van der Waals surface area (Å²) in [7, 11) is 1.41. The fourth-order valence-corrected chi connectivity index (χ4v) is 3.62. The van der Waals surface area contributed by atoms with Crippen molar-refractivity contribution >= 4 is 5.95 Å². The van der Waals surface area contributed by atoms with Gasteiger partial charge in [-0.2, -0.15) is 9.37 Å². The van der Waals surface area contributed by atoms with Crippen LogP contribution in [0.2, 0.25) is 0 Å². The van der Waals surface area contributed by atoms with Crippen LogP contribution in [0.4, 0.5) is 10.3 Å². The molecule has 1 saturated heterocycles. The maximum absolute atomic E-state index is 13.3. The van der Waals surface area contributed by atoms with Gasteiger partial charge in [-0.3, -0.25) is 0 Å². The molecule has 1 aromatic rings. The molecule has 0 amide bonds. The highest BCUT2D eigenvalue weighted by Crippen LogP contribution is 2.27. The summed E-state index contributed by atoms with van der Waals surface area (Å²) in [6.07, 6.45) is 9.25. The molecule has 2 fully saturated rings. The average molecular weight is 308 g/mol. The highest BCUT2D eigenvalue weighted by atomic mass is 19.1. The molecule has 1 saturated carbocycles. The van der Waals surface area contributed by atoms with Crippen LogP contribution in [0.5, 0.6) is 5.88 Å². The van der Waals surface area contributed by atoms with Gasteiger partial charge in [0.05, 0.1) is 13.3 Å². The Morgan fingerprint density at radius 2 is 2.14 bits per heavy atom. The number of ether oxygens (including phenoxy) is 1. The van der Waals surface area contributed by atoms with E-state index in [1.54, 1.807) is 0 Å². The van der Waals surface area contributed by atoms with Gasteiger partial charge >= 0.3 is 0 Å². The number of aromatic nitrogens is 2. The van der Waals surface area contributed by atoms with E-state index < -0.39 is 5.82 Å². The zero-order valence-corrected chi connectivity index (χ0v) is 13.2. The lowest BCUT2D eigenvalue weighted by molar-refractivity contribution is 0.186. The fraction of sp³-hybridized carbons (Fsp3) is 0.750. The second-order valence-corrected chi connectivity index (χ2v) is 6.37. The summed E-state index contributed by atoms with van der Waals surface area (Å²) in [5.74, 6) is 0.515. The number of halogens is 1. The minimum atomic E-state index is -0.530. The molecule has 22 heavy (non-hydrogen) atoms. The van der Waals surface area contributed by atoms with Gasteiger partial charge in [-0.1, -0.05) is 19.3 Å². The molecule has 6 heteroatoms.